The summed E-state index contributed by atoms with van der Waals surface area (Å²) >= 11 is 0. The van der Waals surface area contributed by atoms with Gasteiger partial charge in [0.25, 0.3) is 0 Å². The van der Waals surface area contributed by atoms with Crippen LogP contribution in [0.25, 0.3) is 11.0 Å². The van der Waals surface area contributed by atoms with E-state index >= 15 is 0 Å². The third kappa shape index (κ3) is 2.00. The molecule has 0 unspecified atom stereocenters. The van der Waals surface area contributed by atoms with Crippen LogP contribution < -0.4 is 10.5 Å². The average Bonchev–Trinajstić information content (AvgIpc) is 2.36. The predicted octanol–water partition coefficient (Wildman–Crippen LogP) is 0.205. The number of nitrogens with zero attached hydrogens (tertiary/aromatic N) is 2. The first kappa shape index (κ1) is 11.6. The minimum absolute atomic E-state index is 0.272. The van der Waals surface area contributed by atoms with Gasteiger partial charge >= 0.3 is 0 Å². The van der Waals surface area contributed by atoms with Gasteiger partial charge in [-0.2, -0.15) is 0 Å². The van der Waals surface area contributed by atoms with Gasteiger partial charge in [-0.15, -0.1) is 0 Å². The molecule has 0 aliphatic rings. The summed E-state index contributed by atoms with van der Waals surface area (Å²) in [6, 6.07) is 3.28. The molecule has 6 nitrogen and oxygen atoms in total. The van der Waals surface area contributed by atoms with Gasteiger partial charge in [-0.05, 0) is 6.07 Å². The number of aromatic nitrogens is 2. The van der Waals surface area contributed by atoms with Crippen LogP contribution in [0.4, 0.5) is 5.69 Å². The number of rotatable bonds is 3. The van der Waals surface area contributed by atoms with Gasteiger partial charge in [0.1, 0.15) is 5.75 Å². The summed E-state index contributed by atoms with van der Waals surface area (Å²) in [4.78, 5) is 8.40. The molecule has 0 saturated heterocycles. The number of hydrogen-bond acceptors (Lipinski definition) is 6. The number of hydrogen-bond donors (Lipinski definition) is 3. The molecular formula is C11H13N3O3. The molecule has 0 amide bonds. The van der Waals surface area contributed by atoms with Crippen molar-refractivity contribution in [3.05, 3.63) is 23.5 Å². The number of benzene rings is 1. The lowest BCUT2D eigenvalue weighted by Crippen LogP contribution is -2.03. The molecule has 0 bridgehead atoms. The zero-order valence-electron chi connectivity index (χ0n) is 9.34. The van der Waals surface area contributed by atoms with Crippen LogP contribution in [0.15, 0.2) is 12.1 Å². The summed E-state index contributed by atoms with van der Waals surface area (Å²) in [5, 5.41) is 18.2. The van der Waals surface area contributed by atoms with E-state index in [1.807, 2.05) is 0 Å². The standard InChI is InChI=1S/C11H13N3O3/c1-17-11-3-8-7(2-6(11)12)13-9(4-15)10(5-16)14-8/h2-3,15-16H,4-5,12H2,1H3. The van der Waals surface area contributed by atoms with Crippen LogP contribution in [-0.4, -0.2) is 27.3 Å². The number of nitrogen functional groups attached to an aromatic ring is 1. The van der Waals surface area contributed by atoms with Crippen LogP contribution in [0.5, 0.6) is 5.75 Å². The van der Waals surface area contributed by atoms with Crippen LogP contribution >= 0.6 is 0 Å². The molecule has 0 spiro atoms. The Morgan fingerprint density at radius 2 is 1.65 bits per heavy atom. The highest BCUT2D eigenvalue weighted by Crippen LogP contribution is 2.26. The van der Waals surface area contributed by atoms with Gasteiger partial charge in [-0.3, -0.25) is 0 Å². The topological polar surface area (TPSA) is 101 Å². The lowest BCUT2D eigenvalue weighted by molar-refractivity contribution is 0.252. The lowest BCUT2D eigenvalue weighted by Gasteiger charge is -2.09. The van der Waals surface area contributed by atoms with E-state index in [4.69, 9.17) is 20.7 Å². The Balaban J connectivity index is 2.70. The molecule has 0 atom stereocenters. The first-order valence-electron chi connectivity index (χ1n) is 5.04. The van der Waals surface area contributed by atoms with Crippen molar-refractivity contribution in [3.8, 4) is 5.75 Å². The molecule has 6 heteroatoms. The second kappa shape index (κ2) is 4.52. The maximum atomic E-state index is 9.12. The highest BCUT2D eigenvalue weighted by molar-refractivity contribution is 5.82. The van der Waals surface area contributed by atoms with Gasteiger partial charge in [0.05, 0.1) is 48.4 Å². The van der Waals surface area contributed by atoms with Gasteiger partial charge in [-0.1, -0.05) is 0 Å². The fourth-order valence-corrected chi connectivity index (χ4v) is 1.60. The molecule has 90 valence electrons. The average molecular weight is 235 g/mol. The summed E-state index contributed by atoms with van der Waals surface area (Å²) in [5.74, 6) is 0.507. The molecule has 0 fully saturated rings. The molecule has 2 rings (SSSR count). The SMILES string of the molecule is COc1cc2nc(CO)c(CO)nc2cc1N. The molecular weight excluding hydrogens is 222 g/mol. The normalized spacial score (nSPS) is 10.8. The Bertz CT molecular complexity index is 557. The quantitative estimate of drug-likeness (QED) is 0.657. The van der Waals surface area contributed by atoms with Crippen molar-refractivity contribution in [1.29, 1.82) is 0 Å². The van der Waals surface area contributed by atoms with E-state index in [1.165, 1.54) is 7.11 Å². The van der Waals surface area contributed by atoms with E-state index in [0.717, 1.165) is 0 Å². The fraction of sp³-hybridized carbons (Fsp3) is 0.273. The number of fused-ring (bicyclic) bond motifs is 1. The van der Waals surface area contributed by atoms with Crippen molar-refractivity contribution in [2.45, 2.75) is 13.2 Å². The van der Waals surface area contributed by atoms with Crippen molar-refractivity contribution in [2.75, 3.05) is 12.8 Å². The number of ether oxygens (including phenoxy) is 1. The minimum atomic E-state index is -0.273. The van der Waals surface area contributed by atoms with Crippen LogP contribution in [-0.2, 0) is 13.2 Å². The summed E-state index contributed by atoms with van der Waals surface area (Å²) in [6.07, 6.45) is 0. The van der Waals surface area contributed by atoms with Crippen LogP contribution in [0.1, 0.15) is 11.4 Å². The maximum absolute atomic E-state index is 9.12. The zero-order valence-corrected chi connectivity index (χ0v) is 9.34. The smallest absolute Gasteiger partial charge is 0.144 e. The Kier molecular flexibility index (Phi) is 3.08. The molecule has 0 saturated carbocycles. The number of methoxy groups -OCH3 is 1. The zero-order chi connectivity index (χ0) is 12.4. The van der Waals surface area contributed by atoms with E-state index in [9.17, 15) is 0 Å². The molecule has 0 radical (unpaired) electrons. The molecule has 4 N–H and O–H groups in total. The second-order valence-corrected chi connectivity index (χ2v) is 3.52. The van der Waals surface area contributed by atoms with Gasteiger partial charge in [0.2, 0.25) is 0 Å². The third-order valence-corrected chi connectivity index (χ3v) is 2.47. The number of aliphatic hydroxyl groups is 2. The largest absolute Gasteiger partial charge is 0.495 e. The molecule has 1 aromatic heterocycles. The summed E-state index contributed by atoms with van der Waals surface area (Å²) in [5.41, 5.74) is 8.04. The fourth-order valence-electron chi connectivity index (χ4n) is 1.60. The van der Waals surface area contributed by atoms with Crippen molar-refractivity contribution in [3.63, 3.8) is 0 Å². The van der Waals surface area contributed by atoms with Gasteiger partial charge in [-0.25, -0.2) is 9.97 Å². The Morgan fingerprint density at radius 3 is 2.12 bits per heavy atom. The second-order valence-electron chi connectivity index (χ2n) is 3.52. The van der Waals surface area contributed by atoms with E-state index in [-0.39, 0.29) is 13.2 Å². The lowest BCUT2D eigenvalue weighted by atomic mass is 10.2. The third-order valence-electron chi connectivity index (χ3n) is 2.47. The Hall–Kier alpha value is -1.92. The van der Waals surface area contributed by atoms with E-state index < -0.39 is 0 Å². The monoisotopic (exact) mass is 235 g/mol. The predicted molar refractivity (Wildman–Crippen MR) is 62.3 cm³/mol. The molecule has 17 heavy (non-hydrogen) atoms. The number of anilines is 1. The van der Waals surface area contributed by atoms with Crippen molar-refractivity contribution in [2.24, 2.45) is 0 Å². The van der Waals surface area contributed by atoms with Crippen molar-refractivity contribution >= 4 is 16.7 Å². The van der Waals surface area contributed by atoms with Gasteiger partial charge in [0.15, 0.2) is 0 Å². The first-order chi connectivity index (χ1) is 8.19. The maximum Gasteiger partial charge on any atom is 0.144 e. The molecule has 0 aliphatic carbocycles. The van der Waals surface area contributed by atoms with Crippen molar-refractivity contribution in [1.82, 2.24) is 9.97 Å². The van der Waals surface area contributed by atoms with Crippen LogP contribution in [0, 0.1) is 0 Å². The molecule has 1 heterocycles. The molecule has 0 aliphatic heterocycles. The Labute approximate surface area is 97.7 Å². The van der Waals surface area contributed by atoms with Gasteiger partial charge < -0.3 is 20.7 Å². The summed E-state index contributed by atoms with van der Waals surface area (Å²) in [6.45, 7) is -0.545. The highest BCUT2D eigenvalue weighted by Gasteiger charge is 2.10. The minimum Gasteiger partial charge on any atom is -0.495 e. The number of nitrogens with two attached hydrogens (primary N) is 1. The first-order valence-corrected chi connectivity index (χ1v) is 5.04. The number of aliphatic hydroxyl groups excluding tert-OH is 2. The van der Waals surface area contributed by atoms with Gasteiger partial charge in [0, 0.05) is 6.07 Å². The highest BCUT2D eigenvalue weighted by atomic mass is 16.5. The van der Waals surface area contributed by atoms with E-state index in [0.29, 0.717) is 33.9 Å². The molecule has 1 aromatic carbocycles. The van der Waals surface area contributed by atoms with Crippen molar-refractivity contribution < 1.29 is 14.9 Å². The molecule has 2 aromatic rings. The van der Waals surface area contributed by atoms with Crippen LogP contribution in [0.2, 0.25) is 0 Å². The van der Waals surface area contributed by atoms with Crippen LogP contribution in [0.3, 0.4) is 0 Å². The Morgan fingerprint density at radius 1 is 1.12 bits per heavy atom. The summed E-state index contributed by atoms with van der Waals surface area (Å²) < 4.78 is 5.08. The van der Waals surface area contributed by atoms with E-state index in [1.54, 1.807) is 12.1 Å². The van der Waals surface area contributed by atoms with E-state index in [2.05, 4.69) is 9.97 Å². The summed E-state index contributed by atoms with van der Waals surface area (Å²) in [7, 11) is 1.51.